The predicted octanol–water partition coefficient (Wildman–Crippen LogP) is 10.9. The zero-order valence-electron chi connectivity index (χ0n) is 35.1. The summed E-state index contributed by atoms with van der Waals surface area (Å²) in [6.07, 6.45) is 0. The summed E-state index contributed by atoms with van der Waals surface area (Å²) < 4.78 is 139. The molecule has 0 aliphatic rings. The molecule has 0 saturated carbocycles. The van der Waals surface area contributed by atoms with E-state index >= 15 is 0 Å². The Morgan fingerprint density at radius 2 is 0.949 bits per heavy atom. The third-order valence-corrected chi connectivity index (χ3v) is 6.79. The molecule has 7 aromatic carbocycles. The number of hydrogen-bond acceptors (Lipinski definition) is 1. The van der Waals surface area contributed by atoms with Crippen molar-refractivity contribution in [2.45, 2.75) is 0 Å². The van der Waals surface area contributed by atoms with Crippen molar-refractivity contribution in [3.63, 3.8) is 0 Å². The van der Waals surface area contributed by atoms with Crippen LogP contribution in [0.4, 0.5) is 0 Å². The molecule has 8 rings (SSSR count). The minimum Gasteiger partial charge on any atom is -0.456 e. The molecule has 0 aliphatic heterocycles. The molecule has 182 valence electrons. The van der Waals surface area contributed by atoms with Crippen LogP contribution in [0.15, 0.2) is 150 Å². The van der Waals surface area contributed by atoms with Crippen molar-refractivity contribution in [2.24, 2.45) is 0 Å². The van der Waals surface area contributed by atoms with Gasteiger partial charge in [0.2, 0.25) is 0 Å². The van der Waals surface area contributed by atoms with Crippen molar-refractivity contribution in [2.75, 3.05) is 0 Å². The predicted molar refractivity (Wildman–Crippen MR) is 165 cm³/mol. The van der Waals surface area contributed by atoms with Crippen LogP contribution in [0.25, 0.3) is 76.9 Å². The van der Waals surface area contributed by atoms with Gasteiger partial charge in [-0.3, -0.25) is 0 Å². The highest BCUT2D eigenvalue weighted by atomic mass is 16.3. The second-order valence-corrected chi connectivity index (χ2v) is 8.92. The molecule has 0 saturated heterocycles. The lowest BCUT2D eigenvalue weighted by molar-refractivity contribution is 0.669. The van der Waals surface area contributed by atoms with Crippen molar-refractivity contribution >= 4 is 43.5 Å². The first-order valence-electron chi connectivity index (χ1n) is 19.6. The van der Waals surface area contributed by atoms with Crippen molar-refractivity contribution in [1.29, 1.82) is 0 Å². The lowest BCUT2D eigenvalue weighted by Crippen LogP contribution is -1.92. The van der Waals surface area contributed by atoms with E-state index in [0.29, 0.717) is 16.7 Å². The average molecular weight is 512 g/mol. The molecule has 8 aromatic rings. The van der Waals surface area contributed by atoms with Gasteiger partial charge in [-0.2, -0.15) is 0 Å². The van der Waals surface area contributed by atoms with E-state index in [0.717, 1.165) is 0 Å². The maximum atomic E-state index is 9.56. The van der Waals surface area contributed by atoms with E-state index in [1.54, 1.807) is 24.3 Å². The number of benzene rings is 7. The van der Waals surface area contributed by atoms with Gasteiger partial charge in [-0.05, 0) is 73.1 Å². The monoisotopic (exact) mass is 511 g/mol. The Bertz CT molecular complexity index is 2910. The Morgan fingerprint density at radius 3 is 1.64 bits per heavy atom. The van der Waals surface area contributed by atoms with E-state index in [2.05, 4.69) is 0 Å². The van der Waals surface area contributed by atoms with Crippen LogP contribution in [0.2, 0.25) is 0 Å². The highest BCUT2D eigenvalue weighted by molar-refractivity contribution is 6.23. The van der Waals surface area contributed by atoms with E-state index in [9.17, 15) is 8.22 Å². The lowest BCUT2D eigenvalue weighted by atomic mass is 9.83. The summed E-state index contributed by atoms with van der Waals surface area (Å²) in [5, 5.41) is -1.36. The summed E-state index contributed by atoms with van der Waals surface area (Å²) in [6, 6.07) is 6.67. The van der Waals surface area contributed by atoms with Crippen molar-refractivity contribution in [1.82, 2.24) is 0 Å². The molecular weight excluding hydrogens is 472 g/mol. The van der Waals surface area contributed by atoms with Crippen LogP contribution in [0.3, 0.4) is 0 Å². The van der Waals surface area contributed by atoms with Gasteiger partial charge >= 0.3 is 0 Å². The smallest absolute Gasteiger partial charge is 0.135 e. The summed E-state index contributed by atoms with van der Waals surface area (Å²) >= 11 is 0. The molecule has 0 fully saturated rings. The largest absolute Gasteiger partial charge is 0.456 e. The van der Waals surface area contributed by atoms with Crippen LogP contribution in [-0.2, 0) is 0 Å². The summed E-state index contributed by atoms with van der Waals surface area (Å²) in [7, 11) is 0. The maximum Gasteiger partial charge on any atom is 0.135 e. The van der Waals surface area contributed by atoms with Crippen LogP contribution < -0.4 is 0 Å². The molecule has 0 aliphatic carbocycles. The fourth-order valence-electron chi connectivity index (χ4n) is 5.14. The lowest BCUT2D eigenvalue weighted by Gasteiger charge is -2.19. The van der Waals surface area contributed by atoms with Gasteiger partial charge in [0.05, 0.1) is 20.6 Å². The standard InChI is InChI=1S/C38H24O/c1-2-12-25(13-3-1)27-14-4-5-16-29(27)38-32-19-8-6-17-30(32)37(31-18-7-9-20-33(31)38)26-22-23-36-34(24-26)28-15-10-11-21-35(28)39-36/h1-24H/i6D,7D,8D,9D,10D,11D,15D,17D,18D,19D,20D,21D,22D,23D,24D. The SMILES string of the molecule is [2H]c1c([2H])c([2H])c2c(oc3c([2H])c([2H])c(-c4c5c([2H])c([2H])c([2H])c([2H])c5c(-c5ccccc5-c5ccccc5)c5c([2H])c([2H])c([2H])c([2H])c45)c([2H])c32)c1[2H]. The minimum absolute atomic E-state index is 0.0651. The summed E-state index contributed by atoms with van der Waals surface area (Å²) in [6.45, 7) is 0. The fraction of sp³-hybridized carbons (Fsp3) is 0. The van der Waals surface area contributed by atoms with E-state index < -0.39 is 96.2 Å². The van der Waals surface area contributed by atoms with Gasteiger partial charge < -0.3 is 4.42 Å². The van der Waals surface area contributed by atoms with Crippen molar-refractivity contribution in [3.05, 3.63) is 145 Å². The minimum atomic E-state index is -0.693. The molecule has 0 unspecified atom stereocenters. The van der Waals surface area contributed by atoms with Gasteiger partial charge in [-0.1, -0.05) is 127 Å². The third kappa shape index (κ3) is 3.41. The number of hydrogen-bond donors (Lipinski definition) is 0. The highest BCUT2D eigenvalue weighted by Gasteiger charge is 2.19. The van der Waals surface area contributed by atoms with E-state index in [1.165, 1.54) is 0 Å². The Hall–Kier alpha value is -5.14. The number of furan rings is 1. The summed E-state index contributed by atoms with van der Waals surface area (Å²) in [5.41, 5.74) is 0.215. The first kappa shape index (κ1) is 11.7. The summed E-state index contributed by atoms with van der Waals surface area (Å²) in [4.78, 5) is 0. The first-order chi connectivity index (χ1) is 25.6. The highest BCUT2D eigenvalue weighted by Crippen LogP contribution is 2.46. The van der Waals surface area contributed by atoms with Gasteiger partial charge in [0.15, 0.2) is 0 Å². The molecule has 0 N–H and O–H groups in total. The zero-order chi connectivity index (χ0) is 38.8. The van der Waals surface area contributed by atoms with Gasteiger partial charge in [0.25, 0.3) is 0 Å². The molecular formula is C38H24O. The average Bonchev–Trinajstić information content (AvgIpc) is 3.59. The normalized spacial score (nSPS) is 17.0. The molecule has 0 bridgehead atoms. The number of rotatable bonds is 3. The maximum absolute atomic E-state index is 9.56. The Labute approximate surface area is 247 Å². The van der Waals surface area contributed by atoms with Crippen LogP contribution in [0.1, 0.15) is 20.6 Å². The van der Waals surface area contributed by atoms with Crippen LogP contribution in [-0.4, -0.2) is 0 Å². The molecule has 1 nitrogen and oxygen atoms in total. The zero-order valence-corrected chi connectivity index (χ0v) is 20.1. The molecule has 39 heavy (non-hydrogen) atoms. The second kappa shape index (κ2) is 8.72. The molecule has 0 radical (unpaired) electrons. The van der Waals surface area contributed by atoms with Crippen LogP contribution >= 0.6 is 0 Å². The molecule has 0 atom stereocenters. The van der Waals surface area contributed by atoms with Gasteiger partial charge in [-0.25, -0.2) is 0 Å². The molecule has 0 spiro atoms. The van der Waals surface area contributed by atoms with Crippen LogP contribution in [0.5, 0.6) is 0 Å². The fourth-order valence-corrected chi connectivity index (χ4v) is 5.14. The first-order valence-corrected chi connectivity index (χ1v) is 12.1. The number of para-hydroxylation sites is 1. The van der Waals surface area contributed by atoms with Gasteiger partial charge in [0.1, 0.15) is 11.2 Å². The van der Waals surface area contributed by atoms with E-state index in [-0.39, 0.29) is 54.6 Å². The third-order valence-electron chi connectivity index (χ3n) is 6.79. The summed E-state index contributed by atoms with van der Waals surface area (Å²) in [5.74, 6) is 0. The second-order valence-electron chi connectivity index (χ2n) is 8.92. The molecule has 0 amide bonds. The molecule has 1 heterocycles. The van der Waals surface area contributed by atoms with Gasteiger partial charge in [-0.15, -0.1) is 0 Å². The van der Waals surface area contributed by atoms with Gasteiger partial charge in [0, 0.05) is 10.8 Å². The van der Waals surface area contributed by atoms with Crippen molar-refractivity contribution in [3.8, 4) is 33.4 Å². The topological polar surface area (TPSA) is 13.1 Å². The number of fused-ring (bicyclic) bond motifs is 5. The van der Waals surface area contributed by atoms with Crippen LogP contribution in [0, 0.1) is 0 Å². The Balaban J connectivity index is 1.72. The molecule has 1 aromatic heterocycles. The molecule has 1 heteroatoms. The Kier molecular flexibility index (Phi) is 2.62. The van der Waals surface area contributed by atoms with E-state index in [1.807, 2.05) is 30.3 Å². The Morgan fingerprint density at radius 1 is 0.410 bits per heavy atom. The van der Waals surface area contributed by atoms with Crippen molar-refractivity contribution < 1.29 is 25.0 Å². The van der Waals surface area contributed by atoms with E-state index in [4.69, 9.17) is 16.8 Å². The quantitative estimate of drug-likeness (QED) is 0.215.